The first-order valence-corrected chi connectivity index (χ1v) is 5.76. The summed E-state index contributed by atoms with van der Waals surface area (Å²) in [5.41, 5.74) is 0. The van der Waals surface area contributed by atoms with Crippen molar-refractivity contribution in [1.29, 1.82) is 0 Å². The van der Waals surface area contributed by atoms with Crippen LogP contribution in [0.4, 0.5) is 0 Å². The van der Waals surface area contributed by atoms with E-state index in [1.54, 1.807) is 0 Å². The number of hydrogen-bond acceptors (Lipinski definition) is 6. The van der Waals surface area contributed by atoms with Gasteiger partial charge >= 0.3 is 17.9 Å². The Bertz CT molecular complexity index is 383. The van der Waals surface area contributed by atoms with Crippen molar-refractivity contribution in [2.75, 3.05) is 0 Å². The van der Waals surface area contributed by atoms with Crippen molar-refractivity contribution in [3.05, 3.63) is 0 Å². The van der Waals surface area contributed by atoms with Crippen molar-refractivity contribution in [3.8, 4) is 0 Å². The Hall–Kier alpha value is -1.44. The lowest BCUT2D eigenvalue weighted by molar-refractivity contribution is -0.320. The molecule has 1 atom stereocenters. The van der Waals surface area contributed by atoms with Gasteiger partial charge in [-0.05, 0) is 14.0 Å². The average Bonchev–Trinajstić information content (AvgIpc) is 2.08. The highest BCUT2D eigenvalue weighted by Gasteiger charge is 2.44. The SMILES string of the molecule is O=C(O)CCC(CC(=O)O)(C(=O)O)P(=O)([O-])[O-]. The minimum absolute atomic E-state index is 0.936. The first-order chi connectivity index (χ1) is 7.53. The van der Waals surface area contributed by atoms with Crippen LogP contribution in [0.2, 0.25) is 0 Å². The van der Waals surface area contributed by atoms with Crippen molar-refractivity contribution in [1.82, 2.24) is 0 Å². The Morgan fingerprint density at radius 1 is 1.06 bits per heavy atom. The summed E-state index contributed by atoms with van der Waals surface area (Å²) in [6, 6.07) is 0. The molecule has 0 heterocycles. The van der Waals surface area contributed by atoms with E-state index in [0.717, 1.165) is 0 Å². The first kappa shape index (κ1) is 15.6. The number of hydrogen-bond donors (Lipinski definition) is 3. The van der Waals surface area contributed by atoms with Crippen molar-refractivity contribution >= 4 is 25.5 Å². The lowest BCUT2D eigenvalue weighted by Gasteiger charge is -2.45. The molecule has 0 rings (SSSR count). The van der Waals surface area contributed by atoms with E-state index >= 15 is 0 Å². The minimum atomic E-state index is -5.82. The highest BCUT2D eigenvalue weighted by Crippen LogP contribution is 2.48. The molecule has 0 saturated carbocycles. The minimum Gasteiger partial charge on any atom is -0.810 e. The zero-order valence-corrected chi connectivity index (χ0v) is 9.25. The maximum absolute atomic E-state index is 10.9. The highest BCUT2D eigenvalue weighted by molar-refractivity contribution is 7.52. The molecule has 0 aromatic heterocycles. The van der Waals surface area contributed by atoms with Crippen LogP contribution < -0.4 is 9.79 Å². The molecule has 0 aliphatic heterocycles. The molecule has 9 nitrogen and oxygen atoms in total. The van der Waals surface area contributed by atoms with Crippen LogP contribution in [0.3, 0.4) is 0 Å². The summed E-state index contributed by atoms with van der Waals surface area (Å²) in [5.74, 6) is -5.51. The zero-order valence-electron chi connectivity index (χ0n) is 8.36. The molecule has 98 valence electrons. The van der Waals surface area contributed by atoms with Gasteiger partial charge in [-0.25, -0.2) is 0 Å². The predicted molar refractivity (Wildman–Crippen MR) is 47.1 cm³/mol. The zero-order chi connectivity index (χ0) is 13.9. The topological polar surface area (TPSA) is 175 Å². The van der Waals surface area contributed by atoms with Crippen LogP contribution in [0.25, 0.3) is 0 Å². The fraction of sp³-hybridized carbons (Fsp3) is 0.571. The molecule has 0 aliphatic rings. The molecule has 0 fully saturated rings. The highest BCUT2D eigenvalue weighted by atomic mass is 31.2. The van der Waals surface area contributed by atoms with Gasteiger partial charge in [0.25, 0.3) is 0 Å². The quantitative estimate of drug-likeness (QED) is 0.443. The van der Waals surface area contributed by atoms with Crippen LogP contribution in [0.15, 0.2) is 0 Å². The van der Waals surface area contributed by atoms with Crippen LogP contribution in [0.1, 0.15) is 19.3 Å². The molecule has 1 unspecified atom stereocenters. The molecule has 0 bridgehead atoms. The largest absolute Gasteiger partial charge is 0.810 e. The van der Waals surface area contributed by atoms with Gasteiger partial charge in [-0.1, -0.05) is 0 Å². The van der Waals surface area contributed by atoms with Crippen molar-refractivity contribution in [3.63, 3.8) is 0 Å². The van der Waals surface area contributed by atoms with Gasteiger partial charge in [0, 0.05) is 6.42 Å². The molecule has 3 N–H and O–H groups in total. The number of carbonyl (C=O) groups is 3. The molecule has 17 heavy (non-hydrogen) atoms. The monoisotopic (exact) mass is 268 g/mol. The smallest absolute Gasteiger partial charge is 0.315 e. The van der Waals surface area contributed by atoms with E-state index in [2.05, 4.69) is 0 Å². The van der Waals surface area contributed by atoms with E-state index in [-0.39, 0.29) is 0 Å². The van der Waals surface area contributed by atoms with Gasteiger partial charge in [0.1, 0.15) is 5.16 Å². The van der Waals surface area contributed by atoms with Crippen LogP contribution >= 0.6 is 7.60 Å². The van der Waals surface area contributed by atoms with Gasteiger partial charge in [0.2, 0.25) is 0 Å². The summed E-state index contributed by atoms with van der Waals surface area (Å²) in [6.45, 7) is 0. The van der Waals surface area contributed by atoms with Gasteiger partial charge in [-0.15, -0.1) is 0 Å². The fourth-order valence-electron chi connectivity index (χ4n) is 1.19. The van der Waals surface area contributed by atoms with E-state index < -0.39 is 49.9 Å². The average molecular weight is 268 g/mol. The van der Waals surface area contributed by atoms with E-state index in [4.69, 9.17) is 15.3 Å². The first-order valence-electron chi connectivity index (χ1n) is 4.22. The van der Waals surface area contributed by atoms with Crippen LogP contribution in [-0.4, -0.2) is 38.4 Å². The molecule has 0 spiro atoms. The molecular weight excluding hydrogens is 259 g/mol. The maximum atomic E-state index is 10.9. The number of rotatable bonds is 7. The van der Waals surface area contributed by atoms with Gasteiger partial charge in [-0.2, -0.15) is 0 Å². The maximum Gasteiger partial charge on any atom is 0.315 e. The summed E-state index contributed by atoms with van der Waals surface area (Å²) in [6.07, 6.45) is -3.50. The molecule has 0 radical (unpaired) electrons. The predicted octanol–water partition coefficient (Wildman–Crippen LogP) is -1.94. The number of carboxylic acid groups (broad SMARTS) is 3. The molecule has 10 heteroatoms. The second kappa shape index (κ2) is 5.26. The molecule has 0 aromatic rings. The number of aliphatic carboxylic acids is 3. The van der Waals surface area contributed by atoms with Crippen LogP contribution in [0.5, 0.6) is 0 Å². The Labute approximate surface area is 94.8 Å². The standard InChI is InChI=1S/C7H11O9P/c8-4(9)1-2-7(6(12)13,3-5(10)11)17(14,15)16/h1-3H2,(H,8,9)(H,10,11)(H,12,13)(H2,14,15,16)/p-2. The van der Waals surface area contributed by atoms with Crippen molar-refractivity contribution in [2.45, 2.75) is 24.4 Å². The van der Waals surface area contributed by atoms with Gasteiger partial charge < -0.3 is 29.7 Å². The fourth-order valence-corrected chi connectivity index (χ4v) is 2.13. The third kappa shape index (κ3) is 3.81. The van der Waals surface area contributed by atoms with Gasteiger partial charge in [0.05, 0.1) is 6.42 Å². The Morgan fingerprint density at radius 2 is 1.53 bits per heavy atom. The summed E-state index contributed by atoms with van der Waals surface area (Å²) in [5, 5.41) is 22.3. The van der Waals surface area contributed by atoms with Crippen molar-refractivity contribution in [2.24, 2.45) is 0 Å². The summed E-state index contributed by atoms with van der Waals surface area (Å²) in [4.78, 5) is 53.2. The Balaban J connectivity index is 5.41. The van der Waals surface area contributed by atoms with Crippen LogP contribution in [-0.2, 0) is 18.9 Å². The lowest BCUT2D eigenvalue weighted by Crippen LogP contribution is -2.48. The van der Waals surface area contributed by atoms with Crippen molar-refractivity contribution < 1.29 is 44.1 Å². The summed E-state index contributed by atoms with van der Waals surface area (Å²) < 4.78 is 10.9. The summed E-state index contributed by atoms with van der Waals surface area (Å²) >= 11 is 0. The van der Waals surface area contributed by atoms with Crippen LogP contribution in [0, 0.1) is 0 Å². The molecule has 0 aromatic carbocycles. The van der Waals surface area contributed by atoms with Gasteiger partial charge in [-0.3, -0.25) is 14.4 Å². The van der Waals surface area contributed by atoms with E-state index in [0.29, 0.717) is 0 Å². The molecule has 0 amide bonds. The normalized spacial score (nSPS) is 14.9. The molecule has 0 saturated heterocycles. The third-order valence-corrected chi connectivity index (χ3v) is 3.74. The Kier molecular flexibility index (Phi) is 4.81. The molecule has 0 aliphatic carbocycles. The summed E-state index contributed by atoms with van der Waals surface area (Å²) in [7, 11) is -5.82. The van der Waals surface area contributed by atoms with E-state index in [9.17, 15) is 28.7 Å². The van der Waals surface area contributed by atoms with E-state index in [1.165, 1.54) is 0 Å². The number of carboxylic acids is 3. The van der Waals surface area contributed by atoms with Gasteiger partial charge in [0.15, 0.2) is 0 Å². The lowest BCUT2D eigenvalue weighted by atomic mass is 9.98. The third-order valence-electron chi connectivity index (χ3n) is 2.12. The Morgan fingerprint density at radius 3 is 1.76 bits per heavy atom. The van der Waals surface area contributed by atoms with E-state index in [1.807, 2.05) is 0 Å². The second-order valence-electron chi connectivity index (χ2n) is 3.30. The second-order valence-corrected chi connectivity index (χ2v) is 5.15. The molecular formula is C7H9O9P-2.